The number of likely N-dealkylation sites (N-methyl/N-ethyl adjacent to an activating group) is 1. The number of rotatable bonds is 4. The van der Waals surface area contributed by atoms with Gasteiger partial charge in [0, 0.05) is 12.7 Å². The molecule has 146 valence electrons. The highest BCUT2D eigenvalue weighted by Gasteiger charge is 2.48. The molecule has 5 rings (SSSR count). The Morgan fingerprint density at radius 3 is 1.50 bits per heavy atom. The molecule has 0 aromatic heterocycles. The molecule has 1 aliphatic heterocycles. The van der Waals surface area contributed by atoms with Crippen LogP contribution in [0.5, 0.6) is 0 Å². The third kappa shape index (κ3) is 2.95. The Morgan fingerprint density at radius 1 is 0.567 bits per heavy atom. The first-order valence-corrected chi connectivity index (χ1v) is 10.5. The Hall–Kier alpha value is -3.58. The minimum absolute atomic E-state index is 0.152. The summed E-state index contributed by atoms with van der Waals surface area (Å²) in [4.78, 5) is 2.45. The van der Waals surface area contributed by atoms with Gasteiger partial charge in [0.2, 0.25) is 0 Å². The largest absolute Gasteiger partial charge is 0.366 e. The summed E-state index contributed by atoms with van der Waals surface area (Å²) in [6.07, 6.45) is 2.48. The standard InChI is InChI=1S/C29H25N/c1-30-27(23-14-6-2-7-15-23)22-29(25-18-10-4-11-19-25,26-20-12-5-13-21-26)28(30)24-16-8-3-9-17-24/h2-22,28H,1H3. The Kier molecular flexibility index (Phi) is 4.72. The van der Waals surface area contributed by atoms with Crippen LogP contribution >= 0.6 is 0 Å². The smallest absolute Gasteiger partial charge is 0.0712 e. The van der Waals surface area contributed by atoms with E-state index < -0.39 is 0 Å². The van der Waals surface area contributed by atoms with E-state index in [4.69, 9.17) is 0 Å². The quantitative estimate of drug-likeness (QED) is 0.376. The molecule has 1 atom stereocenters. The Morgan fingerprint density at radius 2 is 1.00 bits per heavy atom. The molecule has 0 amide bonds. The number of nitrogens with zero attached hydrogens (tertiary/aromatic N) is 1. The fourth-order valence-corrected chi connectivity index (χ4v) is 4.94. The molecule has 1 unspecified atom stereocenters. The summed E-state index contributed by atoms with van der Waals surface area (Å²) in [6, 6.07) is 43.6. The van der Waals surface area contributed by atoms with Gasteiger partial charge in [-0.1, -0.05) is 121 Å². The van der Waals surface area contributed by atoms with E-state index in [0.717, 1.165) is 0 Å². The van der Waals surface area contributed by atoms with Crippen molar-refractivity contribution in [3.05, 3.63) is 150 Å². The molecule has 1 heterocycles. The molecule has 0 fully saturated rings. The fraction of sp³-hybridized carbons (Fsp3) is 0.103. The average molecular weight is 388 g/mol. The monoisotopic (exact) mass is 387 g/mol. The zero-order valence-electron chi connectivity index (χ0n) is 17.1. The minimum Gasteiger partial charge on any atom is -0.366 e. The van der Waals surface area contributed by atoms with Gasteiger partial charge in [-0.3, -0.25) is 0 Å². The first kappa shape index (κ1) is 18.4. The van der Waals surface area contributed by atoms with Crippen LogP contribution in [0.15, 0.2) is 127 Å². The number of hydrogen-bond acceptors (Lipinski definition) is 1. The van der Waals surface area contributed by atoms with Gasteiger partial charge in [-0.2, -0.15) is 0 Å². The van der Waals surface area contributed by atoms with E-state index in [9.17, 15) is 0 Å². The van der Waals surface area contributed by atoms with E-state index in [2.05, 4.69) is 139 Å². The Bertz CT molecular complexity index is 1090. The average Bonchev–Trinajstić information content (AvgIpc) is 3.15. The van der Waals surface area contributed by atoms with Gasteiger partial charge in [0.1, 0.15) is 0 Å². The zero-order valence-corrected chi connectivity index (χ0v) is 17.1. The molecule has 30 heavy (non-hydrogen) atoms. The Labute approximate surface area is 178 Å². The van der Waals surface area contributed by atoms with Crippen molar-refractivity contribution >= 4 is 5.70 Å². The molecule has 0 N–H and O–H groups in total. The van der Waals surface area contributed by atoms with Gasteiger partial charge in [0.05, 0.1) is 11.5 Å². The summed E-state index contributed by atoms with van der Waals surface area (Å²) in [5.74, 6) is 0. The molecule has 0 saturated carbocycles. The third-order valence-electron chi connectivity index (χ3n) is 6.25. The maximum absolute atomic E-state index is 2.48. The van der Waals surface area contributed by atoms with Crippen molar-refractivity contribution < 1.29 is 0 Å². The van der Waals surface area contributed by atoms with Crippen molar-refractivity contribution in [2.45, 2.75) is 11.5 Å². The van der Waals surface area contributed by atoms with Crippen molar-refractivity contribution in [2.75, 3.05) is 7.05 Å². The van der Waals surface area contributed by atoms with Crippen LogP contribution in [0.25, 0.3) is 5.70 Å². The summed E-state index contributed by atoms with van der Waals surface area (Å²) in [5, 5.41) is 0. The SMILES string of the molecule is CN1C(c2ccccc2)=CC(c2ccccc2)(c2ccccc2)C1c1ccccc1. The highest BCUT2D eigenvalue weighted by molar-refractivity contribution is 5.73. The summed E-state index contributed by atoms with van der Waals surface area (Å²) >= 11 is 0. The van der Waals surface area contributed by atoms with E-state index in [1.54, 1.807) is 0 Å². The van der Waals surface area contributed by atoms with Crippen LogP contribution in [0.3, 0.4) is 0 Å². The molecular weight excluding hydrogens is 362 g/mol. The summed E-state index contributed by atoms with van der Waals surface area (Å²) in [5.41, 5.74) is 6.15. The molecule has 0 radical (unpaired) electrons. The summed E-state index contributed by atoms with van der Waals surface area (Å²) in [7, 11) is 2.23. The number of benzene rings is 4. The molecule has 1 nitrogen and oxygen atoms in total. The van der Waals surface area contributed by atoms with Gasteiger partial charge in [-0.05, 0) is 28.3 Å². The predicted octanol–water partition coefficient (Wildman–Crippen LogP) is 6.70. The lowest BCUT2D eigenvalue weighted by Crippen LogP contribution is -2.36. The topological polar surface area (TPSA) is 3.24 Å². The molecule has 1 aliphatic rings. The lowest BCUT2D eigenvalue weighted by atomic mass is 9.68. The molecule has 0 saturated heterocycles. The second-order valence-electron chi connectivity index (χ2n) is 7.92. The van der Waals surface area contributed by atoms with Gasteiger partial charge in [0.25, 0.3) is 0 Å². The lowest BCUT2D eigenvalue weighted by molar-refractivity contribution is 0.309. The predicted molar refractivity (Wildman–Crippen MR) is 125 cm³/mol. The summed E-state index contributed by atoms with van der Waals surface area (Å²) in [6.45, 7) is 0. The van der Waals surface area contributed by atoms with Crippen LogP contribution in [0, 0.1) is 0 Å². The molecule has 0 spiro atoms. The van der Waals surface area contributed by atoms with Crippen LogP contribution in [0.1, 0.15) is 28.3 Å². The second kappa shape index (κ2) is 7.68. The van der Waals surface area contributed by atoms with E-state index >= 15 is 0 Å². The zero-order chi connectivity index (χ0) is 20.4. The third-order valence-corrected chi connectivity index (χ3v) is 6.25. The second-order valence-corrected chi connectivity index (χ2v) is 7.92. The van der Waals surface area contributed by atoms with Gasteiger partial charge >= 0.3 is 0 Å². The maximum Gasteiger partial charge on any atom is 0.0712 e. The van der Waals surface area contributed by atoms with Crippen LogP contribution in [0.4, 0.5) is 0 Å². The molecule has 0 bridgehead atoms. The van der Waals surface area contributed by atoms with Crippen molar-refractivity contribution in [2.24, 2.45) is 0 Å². The van der Waals surface area contributed by atoms with Crippen LogP contribution in [0.2, 0.25) is 0 Å². The van der Waals surface area contributed by atoms with Crippen molar-refractivity contribution in [3.63, 3.8) is 0 Å². The maximum atomic E-state index is 2.48. The van der Waals surface area contributed by atoms with E-state index in [1.165, 1.54) is 28.0 Å². The first-order valence-electron chi connectivity index (χ1n) is 10.5. The molecule has 4 aromatic carbocycles. The highest BCUT2D eigenvalue weighted by atomic mass is 15.2. The lowest BCUT2D eigenvalue weighted by Gasteiger charge is -2.39. The van der Waals surface area contributed by atoms with E-state index in [0.29, 0.717) is 0 Å². The van der Waals surface area contributed by atoms with E-state index in [-0.39, 0.29) is 11.5 Å². The van der Waals surface area contributed by atoms with Crippen LogP contribution < -0.4 is 0 Å². The molecular formula is C29H25N. The number of hydrogen-bond donors (Lipinski definition) is 0. The molecule has 1 heteroatoms. The fourth-order valence-electron chi connectivity index (χ4n) is 4.94. The van der Waals surface area contributed by atoms with Crippen LogP contribution in [-0.2, 0) is 5.41 Å². The minimum atomic E-state index is -0.288. The van der Waals surface area contributed by atoms with Gasteiger partial charge in [0.15, 0.2) is 0 Å². The van der Waals surface area contributed by atoms with Crippen molar-refractivity contribution in [1.29, 1.82) is 0 Å². The normalized spacial score (nSPS) is 17.6. The molecule has 4 aromatic rings. The van der Waals surface area contributed by atoms with Crippen LogP contribution in [-0.4, -0.2) is 11.9 Å². The van der Waals surface area contributed by atoms with Gasteiger partial charge in [-0.15, -0.1) is 0 Å². The summed E-state index contributed by atoms with van der Waals surface area (Å²) < 4.78 is 0. The van der Waals surface area contributed by atoms with E-state index in [1.807, 2.05) is 0 Å². The van der Waals surface area contributed by atoms with Crippen molar-refractivity contribution in [3.8, 4) is 0 Å². The van der Waals surface area contributed by atoms with Crippen molar-refractivity contribution in [1.82, 2.24) is 4.90 Å². The first-order chi connectivity index (χ1) is 14.8. The van der Waals surface area contributed by atoms with Gasteiger partial charge < -0.3 is 4.90 Å². The molecule has 0 aliphatic carbocycles. The Balaban J connectivity index is 1.83. The highest BCUT2D eigenvalue weighted by Crippen LogP contribution is 2.54. The van der Waals surface area contributed by atoms with Gasteiger partial charge in [-0.25, -0.2) is 0 Å².